The van der Waals surface area contributed by atoms with Gasteiger partial charge >= 0.3 is 0 Å². The van der Waals surface area contributed by atoms with E-state index in [-0.39, 0.29) is 17.7 Å². The second-order valence-electron chi connectivity index (χ2n) is 6.06. The molecule has 20 heavy (non-hydrogen) atoms. The van der Waals surface area contributed by atoms with E-state index in [9.17, 15) is 14.7 Å². The van der Waals surface area contributed by atoms with Crippen LogP contribution in [0.15, 0.2) is 0 Å². The molecule has 0 heterocycles. The van der Waals surface area contributed by atoms with Crippen molar-refractivity contribution in [2.45, 2.75) is 64.5 Å². The van der Waals surface area contributed by atoms with Crippen LogP contribution in [0.2, 0.25) is 0 Å². The largest absolute Gasteiger partial charge is 0.390 e. The van der Waals surface area contributed by atoms with Crippen molar-refractivity contribution >= 4 is 11.8 Å². The first-order chi connectivity index (χ1) is 9.45. The second-order valence-corrected chi connectivity index (χ2v) is 6.06. The lowest BCUT2D eigenvalue weighted by Crippen LogP contribution is -2.53. The number of rotatable bonds is 6. The highest BCUT2D eigenvalue weighted by molar-refractivity contribution is 5.88. The fourth-order valence-electron chi connectivity index (χ4n) is 2.71. The quantitative estimate of drug-likeness (QED) is 0.686. The molecule has 1 fully saturated rings. The van der Waals surface area contributed by atoms with Crippen LogP contribution in [-0.2, 0) is 9.59 Å². The third-order valence-corrected chi connectivity index (χ3v) is 4.04. The van der Waals surface area contributed by atoms with Gasteiger partial charge in [0.25, 0.3) is 0 Å². The van der Waals surface area contributed by atoms with Crippen molar-refractivity contribution in [2.24, 2.45) is 11.8 Å². The Kier molecular flexibility index (Phi) is 6.99. The summed E-state index contributed by atoms with van der Waals surface area (Å²) in [5, 5.41) is 15.5. The van der Waals surface area contributed by atoms with E-state index < -0.39 is 12.1 Å². The van der Waals surface area contributed by atoms with Crippen LogP contribution in [-0.4, -0.2) is 36.1 Å². The molecule has 0 spiro atoms. The van der Waals surface area contributed by atoms with Crippen molar-refractivity contribution in [3.63, 3.8) is 0 Å². The van der Waals surface area contributed by atoms with Gasteiger partial charge in [0.15, 0.2) is 0 Å². The molecule has 1 saturated carbocycles. The molecule has 0 aromatic carbocycles. The fraction of sp³-hybridized carbons (Fsp3) is 0.867. The van der Waals surface area contributed by atoms with Crippen molar-refractivity contribution in [3.05, 3.63) is 0 Å². The number of carbonyl (C=O) groups is 2. The predicted molar refractivity (Wildman–Crippen MR) is 78.0 cm³/mol. The van der Waals surface area contributed by atoms with Crippen LogP contribution in [0.1, 0.15) is 52.4 Å². The van der Waals surface area contributed by atoms with Gasteiger partial charge in [-0.15, -0.1) is 0 Å². The smallest absolute Gasteiger partial charge is 0.245 e. The van der Waals surface area contributed by atoms with Crippen LogP contribution < -0.4 is 10.6 Å². The van der Waals surface area contributed by atoms with Crippen molar-refractivity contribution in [1.82, 2.24) is 10.6 Å². The average Bonchev–Trinajstić information content (AvgIpc) is 2.44. The summed E-state index contributed by atoms with van der Waals surface area (Å²) in [7, 11) is 1.52. The Morgan fingerprint density at radius 2 is 1.75 bits per heavy atom. The van der Waals surface area contributed by atoms with Crippen molar-refractivity contribution < 1.29 is 14.7 Å². The van der Waals surface area contributed by atoms with Gasteiger partial charge in [0.1, 0.15) is 6.04 Å². The summed E-state index contributed by atoms with van der Waals surface area (Å²) in [6, 6.07) is -0.850. The standard InChI is InChI=1S/C15H28N2O3/c1-10(2)14(19)17-13(15(20)16-3)12(18)9-11-7-5-4-6-8-11/h10-13,18H,4-9H2,1-3H3,(H,16,20)(H,17,19). The maximum atomic E-state index is 11.9. The lowest BCUT2D eigenvalue weighted by atomic mass is 9.84. The Balaban J connectivity index is 2.61. The zero-order valence-corrected chi connectivity index (χ0v) is 12.8. The molecule has 2 unspecified atom stereocenters. The van der Waals surface area contributed by atoms with Crippen LogP contribution in [0.25, 0.3) is 0 Å². The lowest BCUT2D eigenvalue weighted by molar-refractivity contribution is -0.133. The Bertz CT molecular complexity index is 325. The number of hydrogen-bond donors (Lipinski definition) is 3. The molecule has 1 aliphatic carbocycles. The maximum absolute atomic E-state index is 11.9. The van der Waals surface area contributed by atoms with Gasteiger partial charge in [-0.2, -0.15) is 0 Å². The Hall–Kier alpha value is -1.10. The molecule has 3 N–H and O–H groups in total. The summed E-state index contributed by atoms with van der Waals surface area (Å²) in [5.41, 5.74) is 0. The highest BCUT2D eigenvalue weighted by atomic mass is 16.3. The van der Waals surface area contributed by atoms with Crippen molar-refractivity contribution in [1.29, 1.82) is 0 Å². The molecule has 1 aliphatic rings. The zero-order valence-electron chi connectivity index (χ0n) is 12.8. The predicted octanol–water partition coefficient (Wildman–Crippen LogP) is 1.20. The highest BCUT2D eigenvalue weighted by Crippen LogP contribution is 2.28. The molecule has 0 saturated heterocycles. The number of amides is 2. The molecule has 5 nitrogen and oxygen atoms in total. The monoisotopic (exact) mass is 284 g/mol. The van der Waals surface area contributed by atoms with E-state index in [0.29, 0.717) is 12.3 Å². The summed E-state index contributed by atoms with van der Waals surface area (Å²) in [4.78, 5) is 23.6. The molecular weight excluding hydrogens is 256 g/mol. The second kappa shape index (κ2) is 8.25. The average molecular weight is 284 g/mol. The molecule has 116 valence electrons. The molecule has 0 radical (unpaired) electrons. The van der Waals surface area contributed by atoms with Gasteiger partial charge in [-0.1, -0.05) is 46.0 Å². The van der Waals surface area contributed by atoms with E-state index in [1.54, 1.807) is 13.8 Å². The van der Waals surface area contributed by atoms with Crippen LogP contribution in [0, 0.1) is 11.8 Å². The van der Waals surface area contributed by atoms with Crippen LogP contribution in [0.3, 0.4) is 0 Å². The number of nitrogens with one attached hydrogen (secondary N) is 2. The topological polar surface area (TPSA) is 78.4 Å². The zero-order chi connectivity index (χ0) is 15.1. The first kappa shape index (κ1) is 17.0. The molecular formula is C15H28N2O3. The molecule has 2 atom stereocenters. The number of hydrogen-bond acceptors (Lipinski definition) is 3. The van der Waals surface area contributed by atoms with Gasteiger partial charge in [-0.3, -0.25) is 9.59 Å². The minimum Gasteiger partial charge on any atom is -0.390 e. The van der Waals surface area contributed by atoms with E-state index in [1.807, 2.05) is 0 Å². The Labute approximate surface area is 121 Å². The molecule has 1 rings (SSSR count). The summed E-state index contributed by atoms with van der Waals surface area (Å²) in [6.07, 6.45) is 5.62. The Morgan fingerprint density at radius 1 is 1.15 bits per heavy atom. The third-order valence-electron chi connectivity index (χ3n) is 4.04. The highest BCUT2D eigenvalue weighted by Gasteiger charge is 2.30. The molecule has 0 bridgehead atoms. The molecule has 0 aliphatic heterocycles. The van der Waals surface area contributed by atoms with Gasteiger partial charge in [0.05, 0.1) is 6.10 Å². The lowest BCUT2D eigenvalue weighted by Gasteiger charge is -2.28. The van der Waals surface area contributed by atoms with Crippen LogP contribution in [0.5, 0.6) is 0 Å². The summed E-state index contributed by atoms with van der Waals surface area (Å²) in [6.45, 7) is 3.54. The first-order valence-electron chi connectivity index (χ1n) is 7.65. The van der Waals surface area contributed by atoms with Crippen LogP contribution in [0.4, 0.5) is 0 Å². The van der Waals surface area contributed by atoms with E-state index in [1.165, 1.54) is 26.3 Å². The Morgan fingerprint density at radius 3 is 2.25 bits per heavy atom. The van der Waals surface area contributed by atoms with E-state index in [4.69, 9.17) is 0 Å². The van der Waals surface area contributed by atoms with E-state index in [0.717, 1.165) is 12.8 Å². The van der Waals surface area contributed by atoms with Gasteiger partial charge in [-0.05, 0) is 12.3 Å². The minimum atomic E-state index is -0.850. The third kappa shape index (κ3) is 5.12. The van der Waals surface area contributed by atoms with Gasteiger partial charge < -0.3 is 15.7 Å². The summed E-state index contributed by atoms with van der Waals surface area (Å²) < 4.78 is 0. The van der Waals surface area contributed by atoms with Crippen LogP contribution >= 0.6 is 0 Å². The van der Waals surface area contributed by atoms with Gasteiger partial charge in [0.2, 0.25) is 11.8 Å². The number of carbonyl (C=O) groups excluding carboxylic acids is 2. The van der Waals surface area contributed by atoms with Gasteiger partial charge in [0, 0.05) is 13.0 Å². The minimum absolute atomic E-state index is 0.205. The number of aliphatic hydroxyl groups excluding tert-OH is 1. The molecule has 0 aromatic rings. The molecule has 5 heteroatoms. The fourth-order valence-corrected chi connectivity index (χ4v) is 2.71. The van der Waals surface area contributed by atoms with Crippen molar-refractivity contribution in [3.8, 4) is 0 Å². The normalized spacial score (nSPS) is 19.4. The van der Waals surface area contributed by atoms with E-state index >= 15 is 0 Å². The van der Waals surface area contributed by atoms with Crippen molar-refractivity contribution in [2.75, 3.05) is 7.05 Å². The number of likely N-dealkylation sites (N-methyl/N-ethyl adjacent to an activating group) is 1. The van der Waals surface area contributed by atoms with Gasteiger partial charge in [-0.25, -0.2) is 0 Å². The molecule has 0 aromatic heterocycles. The maximum Gasteiger partial charge on any atom is 0.245 e. The summed E-state index contributed by atoms with van der Waals surface area (Å²) >= 11 is 0. The van der Waals surface area contributed by atoms with E-state index in [2.05, 4.69) is 10.6 Å². The summed E-state index contributed by atoms with van der Waals surface area (Å²) in [5.74, 6) is -0.283. The SMILES string of the molecule is CNC(=O)C(NC(=O)C(C)C)C(O)CC1CCCCC1. The molecule has 2 amide bonds. The number of aliphatic hydroxyl groups is 1. The first-order valence-corrected chi connectivity index (χ1v) is 7.65.